The number of esters is 1. The van der Waals surface area contributed by atoms with Crippen molar-refractivity contribution in [2.75, 3.05) is 25.8 Å². The van der Waals surface area contributed by atoms with Gasteiger partial charge in [-0.15, -0.1) is 11.3 Å². The molecule has 1 N–H and O–H groups in total. The second kappa shape index (κ2) is 9.38. The van der Waals surface area contributed by atoms with E-state index in [1.165, 1.54) is 11.3 Å². The molecule has 35 heavy (non-hydrogen) atoms. The van der Waals surface area contributed by atoms with Crippen molar-refractivity contribution in [2.45, 2.75) is 25.3 Å². The number of rotatable bonds is 6. The number of carbonyl (C=O) groups excluding carboxylic acids is 3. The van der Waals surface area contributed by atoms with Crippen molar-refractivity contribution in [3.63, 3.8) is 0 Å². The molecule has 3 heterocycles. The van der Waals surface area contributed by atoms with Crippen LogP contribution in [0.5, 0.6) is 11.5 Å². The van der Waals surface area contributed by atoms with Gasteiger partial charge in [0.25, 0.3) is 5.91 Å². The first-order valence-corrected chi connectivity index (χ1v) is 12.0. The number of thiazole rings is 1. The molecule has 2 atom stereocenters. The standard InChI is InChI=1S/C25H23N3O6S/c1-3-32-20(29)11-15-12-35-25(26-15)27-23(30)21-16-6-4-5-7-17(16)24(31)28(2)22(21)14-8-9-18-19(10-14)34-13-33-18/h4-10,12,21-22H,3,11,13H2,1-2H3,(H,26,27,30). The van der Waals surface area contributed by atoms with Gasteiger partial charge >= 0.3 is 5.97 Å². The van der Waals surface area contributed by atoms with E-state index in [9.17, 15) is 14.4 Å². The molecule has 2 aromatic carbocycles. The highest BCUT2D eigenvalue weighted by molar-refractivity contribution is 7.13. The fraction of sp³-hybridized carbons (Fsp3) is 0.280. The third kappa shape index (κ3) is 4.32. The van der Waals surface area contributed by atoms with Crippen LogP contribution in [-0.4, -0.2) is 48.1 Å². The summed E-state index contributed by atoms with van der Waals surface area (Å²) in [5, 5.41) is 4.97. The summed E-state index contributed by atoms with van der Waals surface area (Å²) in [4.78, 5) is 44.6. The summed E-state index contributed by atoms with van der Waals surface area (Å²) in [7, 11) is 1.69. The van der Waals surface area contributed by atoms with Crippen molar-refractivity contribution in [1.82, 2.24) is 9.88 Å². The predicted molar refractivity (Wildman–Crippen MR) is 128 cm³/mol. The van der Waals surface area contributed by atoms with Gasteiger partial charge in [0.15, 0.2) is 16.6 Å². The average Bonchev–Trinajstić information content (AvgIpc) is 3.50. The molecule has 0 bridgehead atoms. The fourth-order valence-electron chi connectivity index (χ4n) is 4.46. The number of aromatic nitrogens is 1. The van der Waals surface area contributed by atoms with Gasteiger partial charge in [0, 0.05) is 18.0 Å². The Kier molecular flexibility index (Phi) is 6.12. The Morgan fingerprint density at radius 2 is 2.00 bits per heavy atom. The van der Waals surface area contributed by atoms with E-state index in [1.807, 2.05) is 18.2 Å². The average molecular weight is 494 g/mol. The molecule has 1 aromatic heterocycles. The maximum Gasteiger partial charge on any atom is 0.311 e. The molecule has 0 saturated heterocycles. The molecule has 0 aliphatic carbocycles. The van der Waals surface area contributed by atoms with Gasteiger partial charge in [0.1, 0.15) is 0 Å². The number of carbonyl (C=O) groups is 3. The number of hydrogen-bond donors (Lipinski definition) is 1. The normalized spacial score (nSPS) is 18.2. The number of ether oxygens (including phenoxy) is 3. The summed E-state index contributed by atoms with van der Waals surface area (Å²) in [6.07, 6.45) is 0.0313. The zero-order chi connectivity index (χ0) is 24.5. The Bertz CT molecular complexity index is 1310. The quantitative estimate of drug-likeness (QED) is 0.524. The van der Waals surface area contributed by atoms with Crippen molar-refractivity contribution in [3.05, 3.63) is 70.2 Å². The lowest BCUT2D eigenvalue weighted by molar-refractivity contribution is -0.142. The van der Waals surface area contributed by atoms with Gasteiger partial charge < -0.3 is 24.4 Å². The first-order valence-electron chi connectivity index (χ1n) is 11.1. The Labute approximate surface area is 205 Å². The first-order chi connectivity index (χ1) is 17.0. The molecule has 2 unspecified atom stereocenters. The number of likely N-dealkylation sites (N-methyl/N-ethyl adjacent to an activating group) is 1. The monoisotopic (exact) mass is 493 g/mol. The van der Waals surface area contributed by atoms with Gasteiger partial charge in [0.2, 0.25) is 12.7 Å². The van der Waals surface area contributed by atoms with Crippen molar-refractivity contribution >= 4 is 34.3 Å². The Hall–Kier alpha value is -3.92. The van der Waals surface area contributed by atoms with E-state index in [1.54, 1.807) is 48.5 Å². The molecule has 2 aliphatic rings. The Morgan fingerprint density at radius 3 is 2.83 bits per heavy atom. The van der Waals surface area contributed by atoms with Crippen LogP contribution in [0.3, 0.4) is 0 Å². The van der Waals surface area contributed by atoms with Gasteiger partial charge in [-0.1, -0.05) is 24.3 Å². The molecule has 0 radical (unpaired) electrons. The summed E-state index contributed by atoms with van der Waals surface area (Å²) in [5.41, 5.74) is 2.39. The lowest BCUT2D eigenvalue weighted by Crippen LogP contribution is -2.44. The zero-order valence-corrected chi connectivity index (χ0v) is 20.0. The molecule has 0 spiro atoms. The minimum atomic E-state index is -0.702. The van der Waals surface area contributed by atoms with Crippen molar-refractivity contribution in [2.24, 2.45) is 0 Å². The first kappa shape index (κ1) is 22.9. The minimum absolute atomic E-state index is 0.0313. The van der Waals surface area contributed by atoms with Gasteiger partial charge in [-0.25, -0.2) is 4.98 Å². The summed E-state index contributed by atoms with van der Waals surface area (Å²) in [6.45, 7) is 2.16. The highest BCUT2D eigenvalue weighted by atomic mass is 32.1. The maximum atomic E-state index is 13.7. The predicted octanol–water partition coefficient (Wildman–Crippen LogP) is 3.53. The van der Waals surface area contributed by atoms with Gasteiger partial charge in [-0.3, -0.25) is 14.4 Å². The molecule has 3 aromatic rings. The molecule has 0 fully saturated rings. The van der Waals surface area contributed by atoms with Crippen LogP contribution in [0.25, 0.3) is 0 Å². The maximum absolute atomic E-state index is 13.7. The van der Waals surface area contributed by atoms with Crippen molar-refractivity contribution < 1.29 is 28.6 Å². The molecule has 0 saturated carbocycles. The van der Waals surface area contributed by atoms with Crippen LogP contribution < -0.4 is 14.8 Å². The van der Waals surface area contributed by atoms with Crippen molar-refractivity contribution in [3.8, 4) is 11.5 Å². The number of benzene rings is 2. The van der Waals surface area contributed by atoms with Crippen LogP contribution in [0, 0.1) is 0 Å². The van der Waals surface area contributed by atoms with Crippen LogP contribution in [-0.2, 0) is 20.7 Å². The molecule has 2 aliphatic heterocycles. The number of anilines is 1. The molecule has 10 heteroatoms. The number of fused-ring (bicyclic) bond motifs is 2. The second-order valence-corrected chi connectivity index (χ2v) is 9.01. The summed E-state index contributed by atoms with van der Waals surface area (Å²) in [5.74, 6) is -0.358. The van der Waals surface area contributed by atoms with E-state index in [0.717, 1.165) is 5.56 Å². The van der Waals surface area contributed by atoms with Crippen molar-refractivity contribution in [1.29, 1.82) is 0 Å². The molecular formula is C25H23N3O6S. The molecule has 5 rings (SSSR count). The van der Waals surface area contributed by atoms with Gasteiger partial charge in [0.05, 0.1) is 30.7 Å². The summed E-state index contributed by atoms with van der Waals surface area (Å²) >= 11 is 1.23. The van der Waals surface area contributed by atoms with Crippen LogP contribution in [0.15, 0.2) is 47.8 Å². The Morgan fingerprint density at radius 1 is 1.20 bits per heavy atom. The fourth-order valence-corrected chi connectivity index (χ4v) is 5.17. The van der Waals surface area contributed by atoms with Crippen LogP contribution in [0.2, 0.25) is 0 Å². The molecule has 180 valence electrons. The van der Waals surface area contributed by atoms with E-state index in [2.05, 4.69) is 10.3 Å². The van der Waals surface area contributed by atoms with Gasteiger partial charge in [-0.2, -0.15) is 0 Å². The van der Waals surface area contributed by atoms with Gasteiger partial charge in [-0.05, 0) is 36.2 Å². The van der Waals surface area contributed by atoms with Crippen LogP contribution in [0.1, 0.15) is 46.1 Å². The third-order valence-corrected chi connectivity index (χ3v) is 6.82. The summed E-state index contributed by atoms with van der Waals surface area (Å²) in [6, 6.07) is 12.0. The largest absolute Gasteiger partial charge is 0.466 e. The lowest BCUT2D eigenvalue weighted by Gasteiger charge is -2.39. The SMILES string of the molecule is CCOC(=O)Cc1csc(NC(=O)C2c3ccccc3C(=O)N(C)C2c2ccc3c(c2)OCO3)n1. The Balaban J connectivity index is 1.48. The number of nitrogens with one attached hydrogen (secondary N) is 1. The third-order valence-electron chi connectivity index (χ3n) is 6.01. The lowest BCUT2D eigenvalue weighted by atomic mass is 9.79. The van der Waals surface area contributed by atoms with E-state index in [-0.39, 0.29) is 31.0 Å². The molecule has 9 nitrogen and oxygen atoms in total. The van der Waals surface area contributed by atoms with Crippen LogP contribution in [0.4, 0.5) is 5.13 Å². The highest BCUT2D eigenvalue weighted by Crippen LogP contribution is 2.45. The number of nitrogens with zero attached hydrogens (tertiary/aromatic N) is 2. The smallest absolute Gasteiger partial charge is 0.311 e. The number of hydrogen-bond acceptors (Lipinski definition) is 8. The number of amides is 2. The van der Waals surface area contributed by atoms with E-state index in [4.69, 9.17) is 14.2 Å². The van der Waals surface area contributed by atoms with E-state index < -0.39 is 12.0 Å². The van der Waals surface area contributed by atoms with E-state index in [0.29, 0.717) is 40.1 Å². The molecule has 2 amide bonds. The minimum Gasteiger partial charge on any atom is -0.466 e. The summed E-state index contributed by atoms with van der Waals surface area (Å²) < 4.78 is 15.9. The second-order valence-electron chi connectivity index (χ2n) is 8.15. The highest BCUT2D eigenvalue weighted by Gasteiger charge is 2.43. The topological polar surface area (TPSA) is 107 Å². The molecular weight excluding hydrogens is 470 g/mol. The zero-order valence-electron chi connectivity index (χ0n) is 19.1. The van der Waals surface area contributed by atoms with E-state index >= 15 is 0 Å². The van der Waals surface area contributed by atoms with Crippen LogP contribution >= 0.6 is 11.3 Å².